The molecule has 0 unspecified atom stereocenters. The summed E-state index contributed by atoms with van der Waals surface area (Å²) in [6.45, 7) is 1.47. The van der Waals surface area contributed by atoms with Crippen LogP contribution in [0.3, 0.4) is 0 Å². The fourth-order valence-corrected chi connectivity index (χ4v) is 3.00. The summed E-state index contributed by atoms with van der Waals surface area (Å²) in [6, 6.07) is 6.11. The van der Waals surface area contributed by atoms with Crippen LogP contribution < -0.4 is 4.90 Å². The number of nitrogens with zero attached hydrogens (tertiary/aromatic N) is 3. The number of pyridine rings is 1. The minimum atomic E-state index is -4.50. The quantitative estimate of drug-likeness (QED) is 0.734. The number of benzene rings is 1. The Kier molecular flexibility index (Phi) is 5.04. The van der Waals surface area contributed by atoms with Crippen molar-refractivity contribution in [1.82, 2.24) is 9.88 Å². The lowest BCUT2D eigenvalue weighted by molar-refractivity contribution is -0.137. The van der Waals surface area contributed by atoms with E-state index in [0.29, 0.717) is 31.7 Å². The third-order valence-corrected chi connectivity index (χ3v) is 4.38. The van der Waals surface area contributed by atoms with E-state index in [1.54, 1.807) is 9.80 Å². The number of halogens is 5. The first kappa shape index (κ1) is 18.4. The Morgan fingerprint density at radius 3 is 2.23 bits per heavy atom. The van der Waals surface area contributed by atoms with Crippen LogP contribution in [0.5, 0.6) is 0 Å². The van der Waals surface area contributed by atoms with E-state index in [2.05, 4.69) is 4.98 Å². The number of rotatable bonds is 2. The highest BCUT2D eigenvalue weighted by molar-refractivity contribution is 6.33. The lowest BCUT2D eigenvalue weighted by Crippen LogP contribution is -2.49. The van der Waals surface area contributed by atoms with Gasteiger partial charge in [0.1, 0.15) is 11.6 Å². The Labute approximate surface area is 152 Å². The zero-order valence-corrected chi connectivity index (χ0v) is 14.2. The zero-order valence-electron chi connectivity index (χ0n) is 13.4. The van der Waals surface area contributed by atoms with Crippen molar-refractivity contribution in [3.05, 3.63) is 58.5 Å². The van der Waals surface area contributed by atoms with Crippen molar-refractivity contribution >= 4 is 23.3 Å². The molecule has 26 heavy (non-hydrogen) atoms. The molecule has 1 aliphatic rings. The topological polar surface area (TPSA) is 36.4 Å². The van der Waals surface area contributed by atoms with Crippen molar-refractivity contribution in [1.29, 1.82) is 0 Å². The fourth-order valence-electron chi connectivity index (χ4n) is 2.71. The van der Waals surface area contributed by atoms with Gasteiger partial charge in [-0.3, -0.25) is 4.79 Å². The molecule has 0 spiro atoms. The molecule has 0 N–H and O–H groups in total. The van der Waals surface area contributed by atoms with Gasteiger partial charge >= 0.3 is 6.18 Å². The second-order valence-electron chi connectivity index (χ2n) is 5.81. The van der Waals surface area contributed by atoms with Gasteiger partial charge < -0.3 is 9.80 Å². The maximum Gasteiger partial charge on any atom is 0.417 e. The molecule has 2 heterocycles. The summed E-state index contributed by atoms with van der Waals surface area (Å²) in [4.78, 5) is 19.6. The predicted molar refractivity (Wildman–Crippen MR) is 88.8 cm³/mol. The average molecular weight is 388 g/mol. The average Bonchev–Trinajstić information content (AvgIpc) is 2.61. The van der Waals surface area contributed by atoms with E-state index in [1.807, 2.05) is 0 Å². The lowest BCUT2D eigenvalue weighted by atomic mass is 10.1. The van der Waals surface area contributed by atoms with Crippen LogP contribution in [-0.2, 0) is 6.18 Å². The highest BCUT2D eigenvalue weighted by Gasteiger charge is 2.32. The molecule has 0 saturated carbocycles. The number of anilines is 1. The van der Waals surface area contributed by atoms with Crippen LogP contribution in [0.1, 0.15) is 15.9 Å². The van der Waals surface area contributed by atoms with Gasteiger partial charge in [0, 0.05) is 37.9 Å². The van der Waals surface area contributed by atoms with Crippen molar-refractivity contribution < 1.29 is 22.4 Å². The number of alkyl halides is 3. The molecule has 0 aliphatic carbocycles. The molecule has 1 amide bonds. The smallest absolute Gasteiger partial charge is 0.352 e. The van der Waals surface area contributed by atoms with Crippen LogP contribution in [-0.4, -0.2) is 42.0 Å². The third kappa shape index (κ3) is 3.90. The minimum absolute atomic E-state index is 0.0851. The van der Waals surface area contributed by atoms with Gasteiger partial charge in [0.05, 0.1) is 10.6 Å². The number of hydrogen-bond donors (Lipinski definition) is 0. The fraction of sp³-hybridized carbons (Fsp3) is 0.294. The molecular formula is C17H14ClF4N3O. The van der Waals surface area contributed by atoms with Gasteiger partial charge in [0.2, 0.25) is 0 Å². The molecule has 4 nitrogen and oxygen atoms in total. The summed E-state index contributed by atoms with van der Waals surface area (Å²) in [5, 5.41) is -0.0851. The Morgan fingerprint density at radius 1 is 1.08 bits per heavy atom. The molecular weight excluding hydrogens is 374 g/mol. The Hall–Kier alpha value is -2.35. The highest BCUT2D eigenvalue weighted by Crippen LogP contribution is 2.33. The van der Waals surface area contributed by atoms with Crippen molar-refractivity contribution in [3.8, 4) is 0 Å². The van der Waals surface area contributed by atoms with Gasteiger partial charge in [-0.2, -0.15) is 13.2 Å². The van der Waals surface area contributed by atoms with E-state index in [4.69, 9.17) is 11.6 Å². The second kappa shape index (κ2) is 7.11. The zero-order chi connectivity index (χ0) is 18.9. The summed E-state index contributed by atoms with van der Waals surface area (Å²) >= 11 is 5.96. The predicted octanol–water partition coefficient (Wildman–Crippen LogP) is 3.86. The number of carbonyl (C=O) groups excluding carboxylic acids is 1. The van der Waals surface area contributed by atoms with Crippen LogP contribution in [0, 0.1) is 5.82 Å². The van der Waals surface area contributed by atoms with Crippen LogP contribution in [0.15, 0.2) is 36.5 Å². The van der Waals surface area contributed by atoms with Gasteiger partial charge in [0.15, 0.2) is 0 Å². The Morgan fingerprint density at radius 2 is 1.69 bits per heavy atom. The molecule has 1 aromatic carbocycles. The molecule has 0 radical (unpaired) electrons. The molecule has 0 bridgehead atoms. The molecule has 3 rings (SSSR count). The third-order valence-electron chi connectivity index (χ3n) is 4.11. The molecule has 1 saturated heterocycles. The maximum atomic E-state index is 12.9. The van der Waals surface area contributed by atoms with Crippen molar-refractivity contribution in [2.24, 2.45) is 0 Å². The second-order valence-corrected chi connectivity index (χ2v) is 6.22. The molecule has 1 aliphatic heterocycles. The summed E-state index contributed by atoms with van der Waals surface area (Å²) in [5.74, 6) is -0.390. The molecule has 0 atom stereocenters. The van der Waals surface area contributed by atoms with Crippen LogP contribution >= 0.6 is 11.6 Å². The van der Waals surface area contributed by atoms with E-state index in [0.717, 1.165) is 12.3 Å². The Balaban J connectivity index is 1.67. The van der Waals surface area contributed by atoms with Gasteiger partial charge in [-0.25, -0.2) is 9.37 Å². The van der Waals surface area contributed by atoms with Crippen molar-refractivity contribution in [3.63, 3.8) is 0 Å². The van der Waals surface area contributed by atoms with E-state index < -0.39 is 17.6 Å². The number of amides is 1. The summed E-state index contributed by atoms with van der Waals surface area (Å²) in [7, 11) is 0. The first-order valence-corrected chi connectivity index (χ1v) is 8.16. The number of aromatic nitrogens is 1. The monoisotopic (exact) mass is 387 g/mol. The molecule has 9 heteroatoms. The van der Waals surface area contributed by atoms with E-state index in [-0.39, 0.29) is 16.7 Å². The van der Waals surface area contributed by atoms with Gasteiger partial charge in [-0.05, 0) is 30.3 Å². The molecule has 138 valence electrons. The number of carbonyl (C=O) groups is 1. The normalized spacial score (nSPS) is 15.3. The molecule has 1 aromatic heterocycles. The summed E-state index contributed by atoms with van der Waals surface area (Å²) < 4.78 is 51.0. The van der Waals surface area contributed by atoms with Crippen LogP contribution in [0.4, 0.5) is 23.4 Å². The lowest BCUT2D eigenvalue weighted by Gasteiger charge is -2.35. The van der Waals surface area contributed by atoms with Gasteiger partial charge in [0.25, 0.3) is 5.91 Å². The first-order valence-electron chi connectivity index (χ1n) is 7.78. The highest BCUT2D eigenvalue weighted by atomic mass is 35.5. The summed E-state index contributed by atoms with van der Waals surface area (Å²) in [6.07, 6.45) is -3.76. The van der Waals surface area contributed by atoms with Gasteiger partial charge in [-0.1, -0.05) is 11.6 Å². The largest absolute Gasteiger partial charge is 0.417 e. The standard InChI is InChI=1S/C17H14ClF4N3O/c18-14-9-12(17(20,21)22)10-23-15(14)24-5-7-25(8-6-24)16(26)11-1-3-13(19)4-2-11/h1-4,9-10H,5-8H2. The molecule has 1 fully saturated rings. The Bertz CT molecular complexity index is 803. The number of hydrogen-bond acceptors (Lipinski definition) is 3. The number of piperazine rings is 1. The van der Waals surface area contributed by atoms with Crippen LogP contribution in [0.25, 0.3) is 0 Å². The maximum absolute atomic E-state index is 12.9. The first-order chi connectivity index (χ1) is 12.3. The van der Waals surface area contributed by atoms with E-state index in [1.165, 1.54) is 24.3 Å². The van der Waals surface area contributed by atoms with Crippen LogP contribution in [0.2, 0.25) is 5.02 Å². The molecule has 2 aromatic rings. The van der Waals surface area contributed by atoms with Crippen molar-refractivity contribution in [2.75, 3.05) is 31.1 Å². The van der Waals surface area contributed by atoms with E-state index >= 15 is 0 Å². The summed E-state index contributed by atoms with van der Waals surface area (Å²) in [5.41, 5.74) is -0.526. The van der Waals surface area contributed by atoms with Crippen molar-refractivity contribution in [2.45, 2.75) is 6.18 Å². The SMILES string of the molecule is O=C(c1ccc(F)cc1)N1CCN(c2ncc(C(F)(F)F)cc2Cl)CC1. The van der Waals surface area contributed by atoms with E-state index in [9.17, 15) is 22.4 Å². The minimum Gasteiger partial charge on any atom is -0.352 e. The van der Waals surface area contributed by atoms with Gasteiger partial charge in [-0.15, -0.1) is 0 Å².